The average Bonchev–Trinajstić information content (AvgIpc) is 3.59. The van der Waals surface area contributed by atoms with Crippen LogP contribution in [-0.4, -0.2) is 58.3 Å². The van der Waals surface area contributed by atoms with Crippen LogP contribution < -0.4 is 18.9 Å². The summed E-state index contributed by atoms with van der Waals surface area (Å²) in [7, 11) is 0. The third kappa shape index (κ3) is 6.24. The van der Waals surface area contributed by atoms with Gasteiger partial charge in [0.05, 0.1) is 30.4 Å². The summed E-state index contributed by atoms with van der Waals surface area (Å²) in [6.07, 6.45) is 6.53. The molecule has 196 valence electrons. The van der Waals surface area contributed by atoms with Gasteiger partial charge in [0.15, 0.2) is 11.3 Å². The molecule has 0 aliphatic rings. The number of ether oxygens (including phenoxy) is 1. The number of nitrogens with zero attached hydrogens (tertiary/aromatic N) is 6. The maximum Gasteiger partial charge on any atom is 1.00 e. The van der Waals surface area contributed by atoms with Gasteiger partial charge in [-0.2, -0.15) is 10.2 Å². The van der Waals surface area contributed by atoms with Crippen molar-refractivity contribution in [2.45, 2.75) is 6.92 Å². The van der Waals surface area contributed by atoms with E-state index in [9.17, 15) is 9.59 Å². The predicted octanol–water partition coefficient (Wildman–Crippen LogP) is 1.49. The molecule has 0 aliphatic carbocycles. The zero-order valence-corrected chi connectivity index (χ0v) is 21.7. The number of benzene rings is 2. The van der Waals surface area contributed by atoms with Crippen LogP contribution >= 0.6 is 0 Å². The number of fused-ring (bicyclic) bond motifs is 2. The van der Waals surface area contributed by atoms with Crippen molar-refractivity contribution in [3.8, 4) is 22.5 Å². The number of aromatic carboxylic acids is 1. The molecule has 0 saturated heterocycles. The summed E-state index contributed by atoms with van der Waals surface area (Å²) in [4.78, 5) is 31.8. The first-order valence-corrected chi connectivity index (χ1v) is 11.7. The fourth-order valence-corrected chi connectivity index (χ4v) is 3.83. The number of carboxylic acid groups (broad SMARTS) is 1. The number of rotatable bonds is 5. The van der Waals surface area contributed by atoms with Gasteiger partial charge in [0.25, 0.3) is 0 Å². The molecule has 0 bridgehead atoms. The molecule has 6 rings (SSSR count). The Morgan fingerprint density at radius 2 is 1.20 bits per heavy atom. The van der Waals surface area contributed by atoms with Crippen LogP contribution in [0.5, 0.6) is 0 Å². The van der Waals surface area contributed by atoms with E-state index in [1.165, 1.54) is 16.8 Å². The summed E-state index contributed by atoms with van der Waals surface area (Å²) < 4.78 is 8.10. The Labute approximate surface area is 240 Å². The van der Waals surface area contributed by atoms with Crippen molar-refractivity contribution in [2.24, 2.45) is 0 Å². The number of aromatic nitrogens is 6. The Kier molecular flexibility index (Phi) is 9.89. The Morgan fingerprint density at radius 3 is 1.65 bits per heavy atom. The van der Waals surface area contributed by atoms with Crippen molar-refractivity contribution in [2.75, 3.05) is 6.61 Å². The summed E-state index contributed by atoms with van der Waals surface area (Å²) in [5.41, 5.74) is 4.81. The van der Waals surface area contributed by atoms with Crippen LogP contribution in [0.15, 0.2) is 97.6 Å². The largest absolute Gasteiger partial charge is 1.00 e. The SMILES string of the molecule is CCOC(=O)c1ccnn2cc(-c3ccccc3)nc12.O=C(O)c1ccnn2cc(-c3ccccc3)nc12.[Li+].[OH-]. The molecule has 12 heteroatoms. The van der Waals surface area contributed by atoms with E-state index in [-0.39, 0.29) is 35.9 Å². The monoisotopic (exact) mass is 530 g/mol. The fourth-order valence-electron chi connectivity index (χ4n) is 3.83. The molecule has 0 aliphatic heterocycles. The molecule has 4 aromatic heterocycles. The Bertz CT molecular complexity index is 1740. The molecular weight excluding hydrogens is 507 g/mol. The summed E-state index contributed by atoms with van der Waals surface area (Å²) >= 11 is 0. The molecule has 4 heterocycles. The summed E-state index contributed by atoms with van der Waals surface area (Å²) in [5, 5.41) is 17.3. The maximum absolute atomic E-state index is 11.9. The topological polar surface area (TPSA) is 154 Å². The minimum absolute atomic E-state index is 0. The van der Waals surface area contributed by atoms with Gasteiger partial charge in [-0.3, -0.25) is 0 Å². The van der Waals surface area contributed by atoms with Gasteiger partial charge in [0, 0.05) is 23.5 Å². The second-order valence-corrected chi connectivity index (χ2v) is 8.04. The fraction of sp³-hybridized carbons (Fsp3) is 0.0714. The first-order chi connectivity index (χ1) is 18.5. The van der Waals surface area contributed by atoms with Crippen LogP contribution in [0.1, 0.15) is 27.6 Å². The van der Waals surface area contributed by atoms with Crippen molar-refractivity contribution >= 4 is 23.2 Å². The number of hydrogen-bond donors (Lipinski definition) is 1. The predicted molar refractivity (Wildman–Crippen MR) is 142 cm³/mol. The van der Waals surface area contributed by atoms with Gasteiger partial charge in [-0.15, -0.1) is 0 Å². The van der Waals surface area contributed by atoms with Crippen LogP contribution in [0.25, 0.3) is 33.8 Å². The third-order valence-corrected chi connectivity index (χ3v) is 5.59. The van der Waals surface area contributed by atoms with Crippen LogP contribution in [0.4, 0.5) is 0 Å². The van der Waals surface area contributed by atoms with E-state index in [1.54, 1.807) is 36.1 Å². The van der Waals surface area contributed by atoms with Crippen LogP contribution in [0.2, 0.25) is 0 Å². The number of imidazole rings is 2. The number of carbonyl (C=O) groups excluding carboxylic acids is 1. The maximum atomic E-state index is 11.9. The van der Waals surface area contributed by atoms with Gasteiger partial charge in [-0.1, -0.05) is 60.7 Å². The minimum atomic E-state index is -1.01. The van der Waals surface area contributed by atoms with Crippen LogP contribution in [0, 0.1) is 0 Å². The molecule has 0 unspecified atom stereocenters. The van der Waals surface area contributed by atoms with Gasteiger partial charge >= 0.3 is 30.8 Å². The van der Waals surface area contributed by atoms with Gasteiger partial charge in [0.2, 0.25) is 0 Å². The summed E-state index contributed by atoms with van der Waals surface area (Å²) in [5.74, 6) is -1.39. The molecule has 0 saturated carbocycles. The van der Waals surface area contributed by atoms with Gasteiger partial charge < -0.3 is 15.3 Å². The Balaban J connectivity index is 0.000000211. The van der Waals surface area contributed by atoms with E-state index >= 15 is 0 Å². The van der Waals surface area contributed by atoms with Crippen molar-refractivity contribution in [1.82, 2.24) is 29.2 Å². The molecule has 2 aromatic carbocycles. The van der Waals surface area contributed by atoms with E-state index in [1.807, 2.05) is 60.7 Å². The second kappa shape index (κ2) is 13.3. The zero-order chi connectivity index (χ0) is 26.5. The molecule has 0 radical (unpaired) electrons. The Morgan fingerprint density at radius 1 is 0.750 bits per heavy atom. The molecular formula is C28H23LiN6O5. The van der Waals surface area contributed by atoms with Crippen molar-refractivity contribution < 1.29 is 43.8 Å². The van der Waals surface area contributed by atoms with E-state index < -0.39 is 5.97 Å². The van der Waals surface area contributed by atoms with Crippen LogP contribution in [-0.2, 0) is 4.74 Å². The molecule has 11 nitrogen and oxygen atoms in total. The molecule has 0 spiro atoms. The molecule has 2 N–H and O–H groups in total. The molecule has 0 amide bonds. The van der Waals surface area contributed by atoms with Crippen molar-refractivity contribution in [3.05, 3.63) is 109 Å². The van der Waals surface area contributed by atoms with Crippen molar-refractivity contribution in [1.29, 1.82) is 0 Å². The molecule has 40 heavy (non-hydrogen) atoms. The summed E-state index contributed by atoms with van der Waals surface area (Å²) in [6.45, 7) is 2.11. The van der Waals surface area contributed by atoms with E-state index in [2.05, 4.69) is 20.2 Å². The van der Waals surface area contributed by atoms with Crippen molar-refractivity contribution in [3.63, 3.8) is 0 Å². The average molecular weight is 530 g/mol. The number of hydrogen-bond acceptors (Lipinski definition) is 8. The second-order valence-electron chi connectivity index (χ2n) is 8.04. The first kappa shape index (κ1) is 29.7. The van der Waals surface area contributed by atoms with Gasteiger partial charge in [-0.05, 0) is 19.1 Å². The standard InChI is InChI=1S/C15H13N3O2.C13H9N3O2.Li.H2O/c1-2-20-15(19)12-8-9-16-18-10-13(17-14(12)18)11-6-4-3-5-7-11;17-13(18)10-6-7-14-16-8-11(15-12(10)16)9-4-2-1-3-5-9;;/h3-10H,2H2,1H3;1-8H,(H,17,18);;1H2/q;;+1;/p-1. The molecule has 0 atom stereocenters. The van der Waals surface area contributed by atoms with Gasteiger partial charge in [0.1, 0.15) is 11.1 Å². The zero-order valence-electron chi connectivity index (χ0n) is 21.7. The minimum Gasteiger partial charge on any atom is -0.870 e. The molecule has 6 aromatic rings. The number of esters is 1. The summed E-state index contributed by atoms with van der Waals surface area (Å²) in [6, 6.07) is 22.4. The third-order valence-electron chi connectivity index (χ3n) is 5.59. The normalized spacial score (nSPS) is 10.1. The number of carboxylic acids is 1. The van der Waals surface area contributed by atoms with E-state index in [0.717, 1.165) is 16.8 Å². The van der Waals surface area contributed by atoms with E-state index in [4.69, 9.17) is 9.84 Å². The van der Waals surface area contributed by atoms with Gasteiger partial charge in [-0.25, -0.2) is 28.6 Å². The van der Waals surface area contributed by atoms with Crippen LogP contribution in [0.3, 0.4) is 0 Å². The number of carbonyl (C=O) groups is 2. The molecule has 0 fully saturated rings. The quantitative estimate of drug-likeness (QED) is 0.258. The Hall–Kier alpha value is -4.82. The smallest absolute Gasteiger partial charge is 0.870 e. The van der Waals surface area contributed by atoms with E-state index in [0.29, 0.717) is 29.2 Å². The first-order valence-electron chi connectivity index (χ1n) is 11.7.